The molecule has 1 amide bonds. The Bertz CT molecular complexity index is 289. The molecule has 0 saturated carbocycles. The molecule has 5 nitrogen and oxygen atoms in total. The predicted molar refractivity (Wildman–Crippen MR) is 51.5 cm³/mol. The average Bonchev–Trinajstić information content (AvgIpc) is 2.26. The number of para-hydroxylation sites is 1. The van der Waals surface area contributed by atoms with Crippen LogP contribution >= 0.6 is 0 Å². The molecule has 5 heteroatoms. The number of nitrogens with one attached hydrogen (secondary N) is 1. The standard InChI is InChI=1S/C9H12N2O3/c1-13-9(12)10-11(14-2)8-6-4-3-5-7-8/h3-7H,1-2H3,(H,10,12). The van der Waals surface area contributed by atoms with Gasteiger partial charge in [0, 0.05) is 0 Å². The smallest absolute Gasteiger partial charge is 0.427 e. The fourth-order valence-electron chi connectivity index (χ4n) is 0.908. The second-order valence-corrected chi connectivity index (χ2v) is 2.42. The minimum Gasteiger partial charge on any atom is -0.452 e. The molecule has 0 aliphatic rings. The molecule has 1 aromatic carbocycles. The number of hydrazine groups is 1. The zero-order chi connectivity index (χ0) is 10.4. The van der Waals surface area contributed by atoms with Crippen molar-refractivity contribution in [2.45, 2.75) is 0 Å². The van der Waals surface area contributed by atoms with Gasteiger partial charge < -0.3 is 4.74 Å². The molecule has 0 bridgehead atoms. The topological polar surface area (TPSA) is 50.8 Å². The third-order valence-corrected chi connectivity index (χ3v) is 1.55. The molecule has 14 heavy (non-hydrogen) atoms. The van der Waals surface area contributed by atoms with Gasteiger partial charge in [-0.05, 0) is 12.1 Å². The summed E-state index contributed by atoms with van der Waals surface area (Å²) in [6, 6.07) is 9.12. The van der Waals surface area contributed by atoms with Gasteiger partial charge >= 0.3 is 6.09 Å². The number of rotatable bonds is 3. The van der Waals surface area contributed by atoms with Crippen LogP contribution in [-0.4, -0.2) is 20.3 Å². The molecule has 1 rings (SSSR count). The lowest BCUT2D eigenvalue weighted by molar-refractivity contribution is 0.113. The number of amides is 1. The van der Waals surface area contributed by atoms with E-state index in [1.54, 1.807) is 12.1 Å². The van der Waals surface area contributed by atoms with Crippen molar-refractivity contribution in [1.29, 1.82) is 0 Å². The Balaban J connectivity index is 2.68. The summed E-state index contributed by atoms with van der Waals surface area (Å²) >= 11 is 0. The van der Waals surface area contributed by atoms with Gasteiger partial charge in [0.25, 0.3) is 0 Å². The fourth-order valence-corrected chi connectivity index (χ4v) is 0.908. The van der Waals surface area contributed by atoms with Gasteiger partial charge in [-0.15, -0.1) is 0 Å². The van der Waals surface area contributed by atoms with Crippen LogP contribution < -0.4 is 10.6 Å². The van der Waals surface area contributed by atoms with E-state index in [1.807, 2.05) is 18.2 Å². The van der Waals surface area contributed by atoms with Crippen LogP contribution in [0.4, 0.5) is 10.5 Å². The Hall–Kier alpha value is -1.75. The summed E-state index contributed by atoms with van der Waals surface area (Å²) in [4.78, 5) is 15.8. The molecular weight excluding hydrogens is 184 g/mol. The van der Waals surface area contributed by atoms with Gasteiger partial charge in [0.1, 0.15) is 0 Å². The minimum atomic E-state index is -0.587. The zero-order valence-electron chi connectivity index (χ0n) is 8.06. The van der Waals surface area contributed by atoms with Crippen molar-refractivity contribution in [3.63, 3.8) is 0 Å². The molecule has 0 aliphatic heterocycles. The zero-order valence-corrected chi connectivity index (χ0v) is 8.06. The molecule has 1 N–H and O–H groups in total. The van der Waals surface area contributed by atoms with Crippen molar-refractivity contribution in [1.82, 2.24) is 5.43 Å². The average molecular weight is 196 g/mol. The van der Waals surface area contributed by atoms with Gasteiger partial charge in [-0.25, -0.2) is 10.2 Å². The molecular formula is C9H12N2O3. The normalized spacial score (nSPS) is 9.29. The highest BCUT2D eigenvalue weighted by molar-refractivity contribution is 5.69. The summed E-state index contributed by atoms with van der Waals surface area (Å²) in [5.41, 5.74) is 3.09. The SMILES string of the molecule is COC(=O)NN(OC)c1ccccc1. The number of carbonyl (C=O) groups is 1. The Kier molecular flexibility index (Phi) is 3.75. The van der Waals surface area contributed by atoms with E-state index in [4.69, 9.17) is 4.84 Å². The third-order valence-electron chi connectivity index (χ3n) is 1.55. The maximum atomic E-state index is 10.9. The molecule has 1 aromatic rings. The Labute approximate surface area is 82.1 Å². The number of hydrogen-bond donors (Lipinski definition) is 1. The van der Waals surface area contributed by atoms with Crippen molar-refractivity contribution in [2.75, 3.05) is 19.4 Å². The molecule has 0 aliphatic carbocycles. The second kappa shape index (κ2) is 5.08. The second-order valence-electron chi connectivity index (χ2n) is 2.42. The molecule has 0 heterocycles. The van der Waals surface area contributed by atoms with Crippen LogP contribution in [0.3, 0.4) is 0 Å². The summed E-state index contributed by atoms with van der Waals surface area (Å²) in [6.45, 7) is 0. The number of nitrogens with zero attached hydrogens (tertiary/aromatic N) is 1. The highest BCUT2D eigenvalue weighted by Crippen LogP contribution is 2.10. The highest BCUT2D eigenvalue weighted by Gasteiger charge is 2.08. The van der Waals surface area contributed by atoms with E-state index in [-0.39, 0.29) is 0 Å². The number of hydrogen-bond acceptors (Lipinski definition) is 4. The van der Waals surface area contributed by atoms with Crippen molar-refractivity contribution < 1.29 is 14.4 Å². The van der Waals surface area contributed by atoms with Crippen LogP contribution in [0.25, 0.3) is 0 Å². The summed E-state index contributed by atoms with van der Waals surface area (Å²) < 4.78 is 4.43. The maximum Gasteiger partial charge on any atom is 0.427 e. The van der Waals surface area contributed by atoms with Crippen LogP contribution in [0.15, 0.2) is 30.3 Å². The van der Waals surface area contributed by atoms with E-state index in [1.165, 1.54) is 19.4 Å². The summed E-state index contributed by atoms with van der Waals surface area (Å²) in [5.74, 6) is 0. The lowest BCUT2D eigenvalue weighted by Crippen LogP contribution is -2.41. The molecule has 76 valence electrons. The van der Waals surface area contributed by atoms with Crippen molar-refractivity contribution in [3.05, 3.63) is 30.3 Å². The Morgan fingerprint density at radius 2 is 1.93 bits per heavy atom. The quantitative estimate of drug-likeness (QED) is 0.741. The van der Waals surface area contributed by atoms with Gasteiger partial charge in [-0.1, -0.05) is 18.2 Å². The first-order valence-corrected chi connectivity index (χ1v) is 4.02. The predicted octanol–water partition coefficient (Wildman–Crippen LogP) is 1.33. The van der Waals surface area contributed by atoms with Crippen LogP contribution in [0.5, 0.6) is 0 Å². The number of methoxy groups -OCH3 is 1. The van der Waals surface area contributed by atoms with E-state index < -0.39 is 6.09 Å². The summed E-state index contributed by atoms with van der Waals surface area (Å²) in [6.07, 6.45) is -0.587. The largest absolute Gasteiger partial charge is 0.452 e. The van der Waals surface area contributed by atoms with E-state index in [9.17, 15) is 4.79 Å². The van der Waals surface area contributed by atoms with E-state index in [0.717, 1.165) is 0 Å². The van der Waals surface area contributed by atoms with E-state index in [0.29, 0.717) is 5.69 Å². The summed E-state index contributed by atoms with van der Waals surface area (Å²) in [7, 11) is 2.73. The first-order chi connectivity index (χ1) is 6.77. The first kappa shape index (κ1) is 10.3. The number of benzene rings is 1. The number of carbonyl (C=O) groups excluding carboxylic acids is 1. The van der Waals surface area contributed by atoms with Gasteiger partial charge in [0.2, 0.25) is 0 Å². The number of anilines is 1. The van der Waals surface area contributed by atoms with Gasteiger partial charge in [0.05, 0.1) is 19.9 Å². The maximum absolute atomic E-state index is 10.9. The van der Waals surface area contributed by atoms with Gasteiger partial charge in [0.15, 0.2) is 0 Å². The van der Waals surface area contributed by atoms with Crippen LogP contribution in [0.2, 0.25) is 0 Å². The molecule has 0 saturated heterocycles. The van der Waals surface area contributed by atoms with Gasteiger partial charge in [-0.2, -0.15) is 5.17 Å². The van der Waals surface area contributed by atoms with Crippen molar-refractivity contribution in [3.8, 4) is 0 Å². The summed E-state index contributed by atoms with van der Waals surface area (Å²) in [5, 5.41) is 1.21. The van der Waals surface area contributed by atoms with Crippen LogP contribution in [0, 0.1) is 0 Å². The van der Waals surface area contributed by atoms with Crippen molar-refractivity contribution in [2.24, 2.45) is 0 Å². The first-order valence-electron chi connectivity index (χ1n) is 4.02. The number of ether oxygens (including phenoxy) is 1. The van der Waals surface area contributed by atoms with Crippen molar-refractivity contribution >= 4 is 11.8 Å². The lowest BCUT2D eigenvalue weighted by atomic mass is 10.3. The van der Waals surface area contributed by atoms with E-state index >= 15 is 0 Å². The Morgan fingerprint density at radius 1 is 1.29 bits per heavy atom. The van der Waals surface area contributed by atoms with Crippen LogP contribution in [-0.2, 0) is 9.57 Å². The molecule has 0 unspecified atom stereocenters. The molecule has 0 radical (unpaired) electrons. The molecule has 0 atom stereocenters. The molecule has 0 spiro atoms. The Morgan fingerprint density at radius 3 is 2.43 bits per heavy atom. The molecule has 0 aromatic heterocycles. The third kappa shape index (κ3) is 2.63. The molecule has 0 fully saturated rings. The fraction of sp³-hybridized carbons (Fsp3) is 0.222. The van der Waals surface area contributed by atoms with E-state index in [2.05, 4.69) is 10.2 Å². The highest BCUT2D eigenvalue weighted by atomic mass is 16.7. The monoisotopic (exact) mass is 196 g/mol. The lowest BCUT2D eigenvalue weighted by Gasteiger charge is -2.20. The van der Waals surface area contributed by atoms with Gasteiger partial charge in [-0.3, -0.25) is 4.84 Å². The minimum absolute atomic E-state index is 0.587. The van der Waals surface area contributed by atoms with Crippen LogP contribution in [0.1, 0.15) is 0 Å².